The molecule has 2 aliphatic rings. The standard InChI is InChI=1S/C22H20N6O/c1-13-16(12-26-27(13)2)20-15(11-24)22(25)28(17-7-4-3-6-14(17)10-23)18-8-5-9-19(29)21(18)20/h3-4,6-7,12,20H,5,8-9,25H2,1-2H3/t20-/m0/s1. The fraction of sp³-hybridized carbons (Fsp3) is 0.273. The third-order valence-corrected chi connectivity index (χ3v) is 5.76. The van der Waals surface area contributed by atoms with Gasteiger partial charge < -0.3 is 5.73 Å². The highest BCUT2D eigenvalue weighted by Gasteiger charge is 2.41. The van der Waals surface area contributed by atoms with E-state index in [2.05, 4.69) is 17.2 Å². The molecule has 1 aromatic heterocycles. The van der Waals surface area contributed by atoms with Crippen LogP contribution in [0.2, 0.25) is 0 Å². The second kappa shape index (κ2) is 6.96. The van der Waals surface area contributed by atoms with Crippen LogP contribution in [0.25, 0.3) is 0 Å². The summed E-state index contributed by atoms with van der Waals surface area (Å²) < 4.78 is 1.73. The lowest BCUT2D eigenvalue weighted by molar-refractivity contribution is -0.116. The number of para-hydroxylation sites is 1. The maximum absolute atomic E-state index is 13.1. The minimum Gasteiger partial charge on any atom is -0.384 e. The number of hydrogen-bond acceptors (Lipinski definition) is 6. The molecule has 0 spiro atoms. The van der Waals surface area contributed by atoms with Crippen LogP contribution in [0, 0.1) is 29.6 Å². The number of carbonyl (C=O) groups is 1. The summed E-state index contributed by atoms with van der Waals surface area (Å²) in [5.41, 5.74) is 10.9. The van der Waals surface area contributed by atoms with Crippen LogP contribution in [0.5, 0.6) is 0 Å². The predicted molar refractivity (Wildman–Crippen MR) is 107 cm³/mol. The highest BCUT2D eigenvalue weighted by atomic mass is 16.1. The summed E-state index contributed by atoms with van der Waals surface area (Å²) in [6.07, 6.45) is 3.49. The topological polar surface area (TPSA) is 112 Å². The van der Waals surface area contributed by atoms with Gasteiger partial charge in [-0.25, -0.2) is 0 Å². The third kappa shape index (κ3) is 2.71. The average molecular weight is 384 g/mol. The lowest BCUT2D eigenvalue weighted by atomic mass is 9.75. The number of allylic oxidation sites excluding steroid dienone is 3. The van der Waals surface area contributed by atoms with Crippen molar-refractivity contribution in [1.82, 2.24) is 9.78 Å². The van der Waals surface area contributed by atoms with E-state index in [4.69, 9.17) is 5.73 Å². The number of rotatable bonds is 2. The largest absolute Gasteiger partial charge is 0.384 e. The summed E-state index contributed by atoms with van der Waals surface area (Å²) in [4.78, 5) is 14.8. The number of Topliss-reactive ketones (excluding diaryl/α,β-unsaturated/α-hetero) is 1. The number of anilines is 1. The zero-order valence-corrected chi connectivity index (χ0v) is 16.3. The van der Waals surface area contributed by atoms with Gasteiger partial charge >= 0.3 is 0 Å². The summed E-state index contributed by atoms with van der Waals surface area (Å²) in [5, 5.41) is 23.9. The van der Waals surface area contributed by atoms with E-state index in [1.807, 2.05) is 20.0 Å². The molecule has 0 saturated heterocycles. The summed E-state index contributed by atoms with van der Waals surface area (Å²) in [6, 6.07) is 11.5. The van der Waals surface area contributed by atoms with Crippen molar-refractivity contribution in [2.24, 2.45) is 12.8 Å². The van der Waals surface area contributed by atoms with E-state index in [0.29, 0.717) is 41.7 Å². The Kier molecular flexibility index (Phi) is 4.44. The van der Waals surface area contributed by atoms with Gasteiger partial charge in [-0.05, 0) is 31.9 Å². The van der Waals surface area contributed by atoms with Crippen molar-refractivity contribution >= 4 is 11.5 Å². The summed E-state index contributed by atoms with van der Waals surface area (Å²) in [5.74, 6) is -0.266. The van der Waals surface area contributed by atoms with Crippen LogP contribution in [-0.2, 0) is 11.8 Å². The number of aromatic nitrogens is 2. The van der Waals surface area contributed by atoms with Gasteiger partial charge in [0.05, 0.1) is 35.0 Å². The molecule has 0 bridgehead atoms. The third-order valence-electron chi connectivity index (χ3n) is 5.76. The fourth-order valence-corrected chi connectivity index (χ4v) is 4.23. The minimum absolute atomic E-state index is 0.0131. The van der Waals surface area contributed by atoms with Crippen molar-refractivity contribution in [3.63, 3.8) is 0 Å². The van der Waals surface area contributed by atoms with Crippen molar-refractivity contribution < 1.29 is 4.79 Å². The van der Waals surface area contributed by atoms with E-state index in [1.165, 1.54) is 0 Å². The first-order valence-corrected chi connectivity index (χ1v) is 9.43. The monoisotopic (exact) mass is 384 g/mol. The summed E-state index contributed by atoms with van der Waals surface area (Å²) in [7, 11) is 1.83. The molecule has 2 N–H and O–H groups in total. The Morgan fingerprint density at radius 3 is 2.62 bits per heavy atom. The fourth-order valence-electron chi connectivity index (χ4n) is 4.23. The lowest BCUT2D eigenvalue weighted by Crippen LogP contribution is -2.39. The van der Waals surface area contributed by atoms with E-state index in [0.717, 1.165) is 17.0 Å². The molecule has 7 nitrogen and oxygen atoms in total. The SMILES string of the molecule is Cc1c([C@@H]2C(C#N)=C(N)N(c3ccccc3C#N)C3=C2C(=O)CCC3)cnn1C. The molecule has 1 aliphatic heterocycles. The van der Waals surface area contributed by atoms with Crippen LogP contribution in [0.1, 0.15) is 42.0 Å². The molecule has 0 unspecified atom stereocenters. The highest BCUT2D eigenvalue weighted by Crippen LogP contribution is 2.47. The van der Waals surface area contributed by atoms with E-state index in [9.17, 15) is 15.3 Å². The molecule has 0 saturated carbocycles. The van der Waals surface area contributed by atoms with E-state index < -0.39 is 5.92 Å². The van der Waals surface area contributed by atoms with Gasteiger partial charge in [0.15, 0.2) is 5.78 Å². The molecule has 144 valence electrons. The number of aryl methyl sites for hydroxylation is 1. The Hall–Kier alpha value is -3.84. The minimum atomic E-state index is -0.540. The average Bonchev–Trinajstić information content (AvgIpc) is 3.05. The van der Waals surface area contributed by atoms with Crippen molar-refractivity contribution in [2.75, 3.05) is 4.90 Å². The Bertz CT molecular complexity index is 1170. The number of hydrogen-bond donors (Lipinski definition) is 1. The van der Waals surface area contributed by atoms with Gasteiger partial charge in [-0.3, -0.25) is 14.4 Å². The Morgan fingerprint density at radius 2 is 1.97 bits per heavy atom. The van der Waals surface area contributed by atoms with E-state index in [1.54, 1.807) is 34.0 Å². The van der Waals surface area contributed by atoms with Crippen molar-refractivity contribution in [1.29, 1.82) is 10.5 Å². The Balaban J connectivity index is 2.03. The van der Waals surface area contributed by atoms with Crippen LogP contribution in [0.15, 0.2) is 53.1 Å². The quantitative estimate of drug-likeness (QED) is 0.852. The molecular formula is C22H20N6O. The molecule has 2 aromatic rings. The molecular weight excluding hydrogens is 364 g/mol. The van der Waals surface area contributed by atoms with Gasteiger partial charge in [-0.1, -0.05) is 12.1 Å². The van der Waals surface area contributed by atoms with E-state index >= 15 is 0 Å². The number of benzene rings is 1. The molecule has 2 heterocycles. The highest BCUT2D eigenvalue weighted by molar-refractivity contribution is 6.01. The maximum Gasteiger partial charge on any atom is 0.161 e. The predicted octanol–water partition coefficient (Wildman–Crippen LogP) is 2.90. The van der Waals surface area contributed by atoms with Crippen LogP contribution in [0.3, 0.4) is 0 Å². The molecule has 29 heavy (non-hydrogen) atoms. The first-order chi connectivity index (χ1) is 14.0. The summed E-state index contributed by atoms with van der Waals surface area (Å²) in [6.45, 7) is 1.92. The second-order valence-electron chi connectivity index (χ2n) is 7.25. The first kappa shape index (κ1) is 18.5. The molecule has 7 heteroatoms. The van der Waals surface area contributed by atoms with Crippen LogP contribution < -0.4 is 10.6 Å². The van der Waals surface area contributed by atoms with Crippen LogP contribution >= 0.6 is 0 Å². The number of nitriles is 2. The van der Waals surface area contributed by atoms with Crippen LogP contribution in [-0.4, -0.2) is 15.6 Å². The molecule has 4 rings (SSSR count). The molecule has 1 atom stereocenters. The zero-order chi connectivity index (χ0) is 20.7. The van der Waals surface area contributed by atoms with Gasteiger partial charge in [0.2, 0.25) is 0 Å². The molecule has 0 fully saturated rings. The first-order valence-electron chi connectivity index (χ1n) is 9.43. The molecule has 0 radical (unpaired) electrons. The Morgan fingerprint density at radius 1 is 1.21 bits per heavy atom. The van der Waals surface area contributed by atoms with Gasteiger partial charge in [-0.2, -0.15) is 15.6 Å². The van der Waals surface area contributed by atoms with Gasteiger partial charge in [0.1, 0.15) is 11.9 Å². The maximum atomic E-state index is 13.1. The number of nitrogens with zero attached hydrogens (tertiary/aromatic N) is 5. The van der Waals surface area contributed by atoms with Crippen molar-refractivity contribution in [3.8, 4) is 12.1 Å². The number of nitrogens with two attached hydrogens (primary N) is 1. The van der Waals surface area contributed by atoms with Crippen LogP contribution in [0.4, 0.5) is 5.69 Å². The van der Waals surface area contributed by atoms with Gasteiger partial charge in [0.25, 0.3) is 0 Å². The van der Waals surface area contributed by atoms with Gasteiger partial charge in [0, 0.05) is 36.0 Å². The van der Waals surface area contributed by atoms with Crippen molar-refractivity contribution in [3.05, 3.63) is 69.9 Å². The Labute approximate surface area is 168 Å². The molecule has 1 aromatic carbocycles. The van der Waals surface area contributed by atoms with Gasteiger partial charge in [-0.15, -0.1) is 0 Å². The number of carbonyl (C=O) groups excluding carboxylic acids is 1. The smallest absolute Gasteiger partial charge is 0.161 e. The number of ketones is 1. The zero-order valence-electron chi connectivity index (χ0n) is 16.3. The molecule has 0 amide bonds. The normalized spacial score (nSPS) is 19.1. The summed E-state index contributed by atoms with van der Waals surface area (Å²) >= 11 is 0. The lowest BCUT2D eigenvalue weighted by Gasteiger charge is -2.39. The van der Waals surface area contributed by atoms with E-state index in [-0.39, 0.29) is 11.6 Å². The molecule has 1 aliphatic carbocycles. The second-order valence-corrected chi connectivity index (χ2v) is 7.25. The van der Waals surface area contributed by atoms with Crippen molar-refractivity contribution in [2.45, 2.75) is 32.1 Å².